The van der Waals surface area contributed by atoms with E-state index in [4.69, 9.17) is 14.7 Å². The SMILES string of the molecule is Cc1cc(C2OCCO2)cnc1C#N. The number of hydrogen-bond acceptors (Lipinski definition) is 4. The number of aromatic nitrogens is 1. The first kappa shape index (κ1) is 9.13. The van der Waals surface area contributed by atoms with Crippen molar-refractivity contribution in [1.82, 2.24) is 4.98 Å². The number of nitriles is 1. The summed E-state index contributed by atoms with van der Waals surface area (Å²) in [4.78, 5) is 4.02. The Kier molecular flexibility index (Phi) is 2.44. The van der Waals surface area contributed by atoms with Crippen molar-refractivity contribution >= 4 is 0 Å². The second-order valence-corrected chi connectivity index (χ2v) is 3.12. The van der Waals surface area contributed by atoms with Crippen LogP contribution in [0.2, 0.25) is 0 Å². The highest BCUT2D eigenvalue weighted by molar-refractivity contribution is 5.32. The quantitative estimate of drug-likeness (QED) is 0.669. The first-order valence-corrected chi connectivity index (χ1v) is 4.41. The molecule has 0 N–H and O–H groups in total. The van der Waals surface area contributed by atoms with Crippen molar-refractivity contribution in [3.8, 4) is 6.07 Å². The van der Waals surface area contributed by atoms with E-state index in [0.717, 1.165) is 11.1 Å². The van der Waals surface area contributed by atoms with Crippen molar-refractivity contribution in [1.29, 1.82) is 5.26 Å². The van der Waals surface area contributed by atoms with E-state index in [2.05, 4.69) is 4.98 Å². The van der Waals surface area contributed by atoms with Gasteiger partial charge in [0.1, 0.15) is 11.8 Å². The molecule has 0 atom stereocenters. The second kappa shape index (κ2) is 3.74. The van der Waals surface area contributed by atoms with Crippen LogP contribution >= 0.6 is 0 Å². The Morgan fingerprint density at radius 1 is 1.50 bits per heavy atom. The molecular weight excluding hydrogens is 180 g/mol. The van der Waals surface area contributed by atoms with Crippen LogP contribution in [0.1, 0.15) is 23.1 Å². The molecule has 0 spiro atoms. The number of nitrogens with zero attached hydrogens (tertiary/aromatic N) is 2. The van der Waals surface area contributed by atoms with Crippen molar-refractivity contribution in [3.05, 3.63) is 29.1 Å². The Morgan fingerprint density at radius 2 is 2.21 bits per heavy atom. The predicted octanol–water partition coefficient (Wildman–Crippen LogP) is 1.31. The lowest BCUT2D eigenvalue weighted by atomic mass is 10.1. The number of rotatable bonds is 1. The molecule has 4 nitrogen and oxygen atoms in total. The van der Waals surface area contributed by atoms with Gasteiger partial charge in [-0.1, -0.05) is 0 Å². The largest absolute Gasteiger partial charge is 0.346 e. The summed E-state index contributed by atoms with van der Waals surface area (Å²) >= 11 is 0. The van der Waals surface area contributed by atoms with Gasteiger partial charge >= 0.3 is 0 Å². The Labute approximate surface area is 82.1 Å². The van der Waals surface area contributed by atoms with Gasteiger partial charge in [-0.25, -0.2) is 4.98 Å². The molecule has 1 saturated heterocycles. The van der Waals surface area contributed by atoms with Crippen molar-refractivity contribution in [2.75, 3.05) is 13.2 Å². The topological polar surface area (TPSA) is 55.1 Å². The smallest absolute Gasteiger partial charge is 0.185 e. The molecule has 1 aromatic heterocycles. The average molecular weight is 190 g/mol. The van der Waals surface area contributed by atoms with Crippen LogP contribution in [0.5, 0.6) is 0 Å². The minimum absolute atomic E-state index is 0.311. The van der Waals surface area contributed by atoms with Gasteiger partial charge in [-0.3, -0.25) is 0 Å². The van der Waals surface area contributed by atoms with Gasteiger partial charge < -0.3 is 9.47 Å². The minimum Gasteiger partial charge on any atom is -0.346 e. The van der Waals surface area contributed by atoms with Gasteiger partial charge in [0, 0.05) is 11.8 Å². The molecule has 1 aromatic rings. The molecule has 0 amide bonds. The number of ether oxygens (including phenoxy) is 2. The molecule has 72 valence electrons. The van der Waals surface area contributed by atoms with Crippen LogP contribution in [-0.4, -0.2) is 18.2 Å². The van der Waals surface area contributed by atoms with E-state index in [9.17, 15) is 0 Å². The first-order valence-electron chi connectivity index (χ1n) is 4.41. The third kappa shape index (κ3) is 1.60. The third-order valence-electron chi connectivity index (χ3n) is 2.10. The second-order valence-electron chi connectivity index (χ2n) is 3.12. The van der Waals surface area contributed by atoms with Crippen molar-refractivity contribution < 1.29 is 9.47 Å². The summed E-state index contributed by atoms with van der Waals surface area (Å²) in [5.74, 6) is 0. The summed E-state index contributed by atoms with van der Waals surface area (Å²) in [6.07, 6.45) is 1.32. The highest BCUT2D eigenvalue weighted by atomic mass is 16.7. The van der Waals surface area contributed by atoms with Gasteiger partial charge in [-0.15, -0.1) is 0 Å². The summed E-state index contributed by atoms with van der Waals surface area (Å²) in [6.45, 7) is 3.08. The fourth-order valence-electron chi connectivity index (χ4n) is 1.39. The summed E-state index contributed by atoms with van der Waals surface area (Å²) in [6, 6.07) is 3.90. The van der Waals surface area contributed by atoms with E-state index >= 15 is 0 Å². The van der Waals surface area contributed by atoms with E-state index < -0.39 is 0 Å². The number of aryl methyl sites for hydroxylation is 1. The molecule has 0 radical (unpaired) electrons. The molecule has 4 heteroatoms. The minimum atomic E-state index is -0.311. The van der Waals surface area contributed by atoms with Crippen molar-refractivity contribution in [3.63, 3.8) is 0 Å². The van der Waals surface area contributed by atoms with Crippen LogP contribution in [0.15, 0.2) is 12.3 Å². The maximum atomic E-state index is 8.70. The van der Waals surface area contributed by atoms with E-state index in [1.54, 1.807) is 6.20 Å². The van der Waals surface area contributed by atoms with E-state index in [0.29, 0.717) is 18.9 Å². The van der Waals surface area contributed by atoms with Crippen molar-refractivity contribution in [2.45, 2.75) is 13.2 Å². The molecule has 0 unspecified atom stereocenters. The van der Waals surface area contributed by atoms with Crippen LogP contribution in [0.3, 0.4) is 0 Å². The lowest BCUT2D eigenvalue weighted by Gasteiger charge is -2.09. The highest BCUT2D eigenvalue weighted by Crippen LogP contribution is 2.23. The van der Waals surface area contributed by atoms with Gasteiger partial charge in [0.2, 0.25) is 0 Å². The lowest BCUT2D eigenvalue weighted by molar-refractivity contribution is -0.0443. The Hall–Kier alpha value is -1.44. The Bertz CT molecular complexity index is 378. The monoisotopic (exact) mass is 190 g/mol. The summed E-state index contributed by atoms with van der Waals surface area (Å²) in [5.41, 5.74) is 2.18. The van der Waals surface area contributed by atoms with Gasteiger partial charge in [-0.05, 0) is 18.6 Å². The third-order valence-corrected chi connectivity index (χ3v) is 2.10. The van der Waals surface area contributed by atoms with E-state index in [1.807, 2.05) is 19.1 Å². The zero-order valence-electron chi connectivity index (χ0n) is 7.86. The summed E-state index contributed by atoms with van der Waals surface area (Å²) in [5, 5.41) is 8.70. The average Bonchev–Trinajstić information content (AvgIpc) is 2.70. The standard InChI is InChI=1S/C10H10N2O2/c1-7-4-8(6-12-9(7)5-11)10-13-2-3-14-10/h4,6,10H,2-3H2,1H3. The summed E-state index contributed by atoms with van der Waals surface area (Å²) in [7, 11) is 0. The van der Waals surface area contributed by atoms with Gasteiger partial charge in [0.25, 0.3) is 0 Å². The van der Waals surface area contributed by atoms with Gasteiger partial charge in [0.05, 0.1) is 13.2 Å². The molecular formula is C10H10N2O2. The molecule has 0 aromatic carbocycles. The molecule has 0 saturated carbocycles. The first-order chi connectivity index (χ1) is 6.81. The van der Waals surface area contributed by atoms with Crippen LogP contribution in [0.4, 0.5) is 0 Å². The van der Waals surface area contributed by atoms with Crippen LogP contribution in [0.25, 0.3) is 0 Å². The zero-order chi connectivity index (χ0) is 9.97. The normalized spacial score (nSPS) is 16.9. The molecule has 1 fully saturated rings. The predicted molar refractivity (Wildman–Crippen MR) is 48.3 cm³/mol. The Balaban J connectivity index is 2.28. The fourth-order valence-corrected chi connectivity index (χ4v) is 1.39. The van der Waals surface area contributed by atoms with Gasteiger partial charge in [-0.2, -0.15) is 5.26 Å². The van der Waals surface area contributed by atoms with Gasteiger partial charge in [0.15, 0.2) is 6.29 Å². The molecule has 2 heterocycles. The molecule has 1 aliphatic rings. The van der Waals surface area contributed by atoms with Crippen LogP contribution < -0.4 is 0 Å². The number of hydrogen-bond donors (Lipinski definition) is 0. The molecule has 2 rings (SSSR count). The molecule has 0 bridgehead atoms. The Morgan fingerprint density at radius 3 is 2.79 bits per heavy atom. The fraction of sp³-hybridized carbons (Fsp3) is 0.400. The van der Waals surface area contributed by atoms with Crippen LogP contribution in [0, 0.1) is 18.3 Å². The van der Waals surface area contributed by atoms with E-state index in [1.165, 1.54) is 0 Å². The van der Waals surface area contributed by atoms with E-state index in [-0.39, 0.29) is 6.29 Å². The number of pyridine rings is 1. The van der Waals surface area contributed by atoms with Crippen LogP contribution in [-0.2, 0) is 9.47 Å². The summed E-state index contributed by atoms with van der Waals surface area (Å²) < 4.78 is 10.6. The highest BCUT2D eigenvalue weighted by Gasteiger charge is 2.19. The molecule has 0 aliphatic carbocycles. The maximum Gasteiger partial charge on any atom is 0.185 e. The lowest BCUT2D eigenvalue weighted by Crippen LogP contribution is -2.00. The molecule has 14 heavy (non-hydrogen) atoms. The molecule has 1 aliphatic heterocycles. The maximum absolute atomic E-state index is 8.70. The zero-order valence-corrected chi connectivity index (χ0v) is 7.86. The van der Waals surface area contributed by atoms with Crippen molar-refractivity contribution in [2.24, 2.45) is 0 Å².